The molecule has 2 saturated heterocycles. The Morgan fingerprint density at radius 2 is 0.900 bits per heavy atom. The van der Waals surface area contributed by atoms with Crippen molar-refractivity contribution >= 4 is 46.2 Å². The van der Waals surface area contributed by atoms with Crippen molar-refractivity contribution in [2.45, 2.75) is 152 Å². The molecule has 4 aromatic carbocycles. The normalized spacial score (nSPS) is 20.9. The van der Waals surface area contributed by atoms with Gasteiger partial charge in [0.1, 0.15) is 12.1 Å². The number of fused-ring (bicyclic) bond motifs is 1. The lowest BCUT2D eigenvalue weighted by Gasteiger charge is -2.36. The third-order valence-electron chi connectivity index (χ3n) is 17.1. The number of nitrogens with zero attached hydrogens (tertiary/aromatic N) is 4. The van der Waals surface area contributed by atoms with E-state index in [4.69, 9.17) is 0 Å². The van der Waals surface area contributed by atoms with Gasteiger partial charge in [0.25, 0.3) is 23.7 Å². The molecule has 2 aliphatic heterocycles. The molecule has 14 nitrogen and oxygen atoms in total. The monoisotopic (exact) mass is 1110 g/mol. The van der Waals surface area contributed by atoms with Gasteiger partial charge in [0.05, 0.1) is 37.3 Å². The largest absolute Gasteiger partial charge is 0.343 e. The molecular weight excluding hydrogens is 1030 g/mol. The highest BCUT2D eigenvalue weighted by Crippen LogP contribution is 2.38. The maximum Gasteiger partial charge on any atom is 0.267 e. The number of likely N-dealkylation sites (tertiary alicyclic amines) is 2. The number of carbonyl (C=O) groups is 6. The summed E-state index contributed by atoms with van der Waals surface area (Å²) in [6.45, 7) is 1.61. The van der Waals surface area contributed by atoms with Crippen molar-refractivity contribution in [1.29, 1.82) is 0 Å². The van der Waals surface area contributed by atoms with Crippen molar-refractivity contribution < 1.29 is 46.3 Å². The van der Waals surface area contributed by atoms with Crippen LogP contribution in [0.2, 0.25) is 0 Å². The molecule has 2 heterocycles. The van der Waals surface area contributed by atoms with Crippen molar-refractivity contribution in [2.24, 2.45) is 11.8 Å². The number of likely N-dealkylation sites (N-methyl/N-ethyl adjacent to an activating group) is 2. The van der Waals surface area contributed by atoms with Gasteiger partial charge in [0.15, 0.2) is 0 Å². The van der Waals surface area contributed by atoms with Crippen LogP contribution in [0.4, 0.5) is 17.6 Å². The number of alkyl halides is 4. The van der Waals surface area contributed by atoms with E-state index in [1.165, 1.54) is 19.6 Å². The summed E-state index contributed by atoms with van der Waals surface area (Å²) in [5, 5.41) is 12.8. The third-order valence-corrected chi connectivity index (χ3v) is 17.1. The number of hydrogen-bond donors (Lipinski definition) is 4. The van der Waals surface area contributed by atoms with Gasteiger partial charge in [-0.3, -0.25) is 28.8 Å². The highest BCUT2D eigenvalue weighted by molar-refractivity contribution is 6.02. The van der Waals surface area contributed by atoms with Gasteiger partial charge in [-0.25, -0.2) is 17.6 Å². The average Bonchev–Trinajstić information content (AvgIpc) is 3.97. The molecule has 0 spiro atoms. The second kappa shape index (κ2) is 26.9. The Hall–Kier alpha value is -6.40. The lowest BCUT2D eigenvalue weighted by molar-refractivity contribution is -0.140. The van der Waals surface area contributed by atoms with E-state index in [1.807, 2.05) is 60.7 Å². The Balaban J connectivity index is 1.05. The first kappa shape index (κ1) is 59.7. The Morgan fingerprint density at radius 3 is 1.25 bits per heavy atom. The number of rotatable bonds is 22. The van der Waals surface area contributed by atoms with E-state index in [1.54, 1.807) is 64.3 Å². The molecule has 0 unspecified atom stereocenters. The number of hydrogen-bond acceptors (Lipinski definition) is 8. The van der Waals surface area contributed by atoms with Crippen LogP contribution in [-0.2, 0) is 32.0 Å². The summed E-state index contributed by atoms with van der Waals surface area (Å²) in [6.07, 6.45) is 7.61. The summed E-state index contributed by atoms with van der Waals surface area (Å²) in [5.74, 6) is -9.73. The Labute approximate surface area is 468 Å². The van der Waals surface area contributed by atoms with E-state index in [2.05, 4.69) is 21.3 Å². The van der Waals surface area contributed by atoms with Crippen LogP contribution in [0.5, 0.6) is 0 Å². The van der Waals surface area contributed by atoms with Crippen LogP contribution in [0.25, 0.3) is 10.8 Å². The third kappa shape index (κ3) is 15.1. The predicted molar refractivity (Wildman–Crippen MR) is 300 cm³/mol. The minimum Gasteiger partial charge on any atom is -0.343 e. The number of amides is 6. The summed E-state index contributed by atoms with van der Waals surface area (Å²) >= 11 is 0. The molecule has 4 fully saturated rings. The maximum atomic E-state index is 15.7. The van der Waals surface area contributed by atoms with Gasteiger partial charge in [-0.1, -0.05) is 111 Å². The molecule has 2 saturated carbocycles. The van der Waals surface area contributed by atoms with Crippen LogP contribution < -0.4 is 21.3 Å². The summed E-state index contributed by atoms with van der Waals surface area (Å²) in [6, 6.07) is 23.6. The molecule has 0 bridgehead atoms. The van der Waals surface area contributed by atoms with Gasteiger partial charge < -0.3 is 40.9 Å². The molecule has 18 heteroatoms. The van der Waals surface area contributed by atoms with E-state index in [-0.39, 0.29) is 49.1 Å². The van der Waals surface area contributed by atoms with Crippen LogP contribution in [0.1, 0.15) is 123 Å². The van der Waals surface area contributed by atoms with Crippen LogP contribution in [0, 0.1) is 11.8 Å². The topological polar surface area (TPSA) is 163 Å². The summed E-state index contributed by atoms with van der Waals surface area (Å²) < 4.78 is 62.7. The fourth-order valence-corrected chi connectivity index (χ4v) is 12.3. The zero-order chi connectivity index (χ0) is 57.1. The van der Waals surface area contributed by atoms with E-state index in [9.17, 15) is 28.8 Å². The molecule has 80 heavy (non-hydrogen) atoms. The Kier molecular flexibility index (Phi) is 20.1. The maximum absolute atomic E-state index is 15.7. The van der Waals surface area contributed by atoms with Crippen molar-refractivity contribution in [3.63, 3.8) is 0 Å². The molecule has 0 aromatic heterocycles. The second-order valence-corrected chi connectivity index (χ2v) is 22.9. The molecule has 4 N–H and O–H groups in total. The van der Waals surface area contributed by atoms with Gasteiger partial charge in [0.2, 0.25) is 23.6 Å². The van der Waals surface area contributed by atoms with E-state index < -0.39 is 109 Å². The van der Waals surface area contributed by atoms with E-state index in [0.29, 0.717) is 49.3 Å². The minimum absolute atomic E-state index is 0.154. The Bertz CT molecular complexity index is 2590. The van der Waals surface area contributed by atoms with Gasteiger partial charge in [-0.2, -0.15) is 0 Å². The zero-order valence-electron chi connectivity index (χ0n) is 46.7. The summed E-state index contributed by atoms with van der Waals surface area (Å²) in [4.78, 5) is 90.8. The first-order valence-electron chi connectivity index (χ1n) is 28.9. The number of carbonyl (C=O) groups excluding carboxylic acids is 6. The van der Waals surface area contributed by atoms with Crippen molar-refractivity contribution in [1.82, 2.24) is 40.9 Å². The lowest BCUT2D eigenvalue weighted by atomic mass is 9.83. The SMILES string of the molecule is CN[C@@H](C)C(=O)N[C@H](C(=O)N1CC(F)(F)C[C@H]1CN(CCc1ccccc1)C(=O)c1ccc2cc(C(=O)N(CCc3ccccc3)C[C@@H]3CC(F)(F)CN3C(=O)[C@@H](NC(=O)[C@H](C)NC)C3CCCCC3)ccc2c1)C1CCCCC1. The molecule has 2 aliphatic carbocycles. The fourth-order valence-electron chi connectivity index (χ4n) is 12.3. The summed E-state index contributed by atoms with van der Waals surface area (Å²) in [5.41, 5.74) is 2.38. The van der Waals surface area contributed by atoms with Crippen LogP contribution in [-0.4, -0.2) is 157 Å². The highest BCUT2D eigenvalue weighted by Gasteiger charge is 2.52. The summed E-state index contributed by atoms with van der Waals surface area (Å²) in [7, 11) is 3.26. The van der Waals surface area contributed by atoms with Gasteiger partial charge in [-0.15, -0.1) is 0 Å². The average molecular weight is 1110 g/mol. The molecule has 4 aromatic rings. The molecule has 4 aliphatic rings. The number of benzene rings is 4. The standard InChI is InChI=1S/C62H80F4N8O6/c1-41(67-3)55(75)69-53(45-21-13-7-14-22-45)59(79)73-39-61(63,64)35-51(73)37-71(31-29-43-17-9-5-10-18-43)57(77)49-27-25-48-34-50(28-26-47(48)33-49)58(78)72(32-30-44-19-11-6-12-20-44)38-52-36-62(65,66)40-74(52)60(80)54(46-23-15-8-16-24-46)70-56(76)42(2)68-4/h5-6,9-12,17-20,25-28,33-34,41-42,45-46,51-54,67-68H,7-8,13-16,21-24,29-32,35-40H2,1-4H3,(H,69,75)(H,70,76)/t41-,42-,51-,52-,53-,54-/m0/s1. The molecule has 432 valence electrons. The second-order valence-electron chi connectivity index (χ2n) is 22.9. The molecular formula is C62H80F4N8O6. The van der Waals surface area contributed by atoms with Crippen LogP contribution in [0.15, 0.2) is 97.1 Å². The minimum atomic E-state index is -3.23. The van der Waals surface area contributed by atoms with Gasteiger partial charge >= 0.3 is 0 Å². The number of halogens is 4. The molecule has 6 atom stereocenters. The van der Waals surface area contributed by atoms with Gasteiger partial charge in [-0.05, 0) is 124 Å². The van der Waals surface area contributed by atoms with Crippen molar-refractivity contribution in [2.75, 3.05) is 53.4 Å². The quantitative estimate of drug-likeness (QED) is 0.0576. The fraction of sp³-hybridized carbons (Fsp3) is 0.548. The van der Waals surface area contributed by atoms with E-state index in [0.717, 1.165) is 49.7 Å². The molecule has 0 radical (unpaired) electrons. The first-order valence-corrected chi connectivity index (χ1v) is 28.9. The number of nitrogens with one attached hydrogen (secondary N) is 4. The first-order chi connectivity index (χ1) is 38.3. The van der Waals surface area contributed by atoms with Crippen LogP contribution >= 0.6 is 0 Å². The Morgan fingerprint density at radius 1 is 0.537 bits per heavy atom. The van der Waals surface area contributed by atoms with Crippen LogP contribution in [0.3, 0.4) is 0 Å². The molecule has 6 amide bonds. The zero-order valence-corrected chi connectivity index (χ0v) is 46.7. The predicted octanol–water partition coefficient (Wildman–Crippen LogP) is 8.03. The smallest absolute Gasteiger partial charge is 0.267 e. The van der Waals surface area contributed by atoms with Gasteiger partial charge in [0, 0.05) is 50.1 Å². The van der Waals surface area contributed by atoms with Crippen molar-refractivity contribution in [3.05, 3.63) is 119 Å². The van der Waals surface area contributed by atoms with Crippen molar-refractivity contribution in [3.8, 4) is 0 Å². The lowest BCUT2D eigenvalue weighted by Crippen LogP contribution is -2.57. The van der Waals surface area contributed by atoms with E-state index >= 15 is 17.6 Å². The highest BCUT2D eigenvalue weighted by atomic mass is 19.3. The molecule has 8 rings (SSSR count).